The molecule has 0 fully saturated rings. The summed E-state index contributed by atoms with van der Waals surface area (Å²) in [6, 6.07) is 18.7. The molecule has 0 aliphatic rings. The summed E-state index contributed by atoms with van der Waals surface area (Å²) in [7, 11) is 0. The van der Waals surface area contributed by atoms with Gasteiger partial charge in [-0.2, -0.15) is 0 Å². The molecule has 0 spiro atoms. The summed E-state index contributed by atoms with van der Waals surface area (Å²) in [5.41, 5.74) is 5.77. The van der Waals surface area contributed by atoms with Crippen LogP contribution in [0.1, 0.15) is 24.0 Å². The van der Waals surface area contributed by atoms with Gasteiger partial charge in [-0.1, -0.05) is 42.5 Å². The molecule has 0 saturated heterocycles. The molecule has 0 saturated carbocycles. The van der Waals surface area contributed by atoms with Gasteiger partial charge in [-0.3, -0.25) is 4.98 Å². The van der Waals surface area contributed by atoms with E-state index in [4.69, 9.17) is 12.2 Å². The second-order valence-electron chi connectivity index (χ2n) is 6.62. The maximum atomic E-state index is 5.68. The Bertz CT molecular complexity index is 1050. The molecular weight excluding hydrogens is 350 g/mol. The molecule has 0 atom stereocenters. The molecule has 27 heavy (non-hydrogen) atoms. The largest absolute Gasteiger partial charge is 0.346 e. The highest BCUT2D eigenvalue weighted by Gasteiger charge is 2.08. The fraction of sp³-hybridized carbons (Fsp3) is 0.174. The highest BCUT2D eigenvalue weighted by atomic mass is 32.1. The number of aromatic amines is 1. The molecule has 3 nitrogen and oxygen atoms in total. The van der Waals surface area contributed by atoms with Crippen molar-refractivity contribution in [1.29, 1.82) is 0 Å². The molecule has 0 aliphatic heterocycles. The molecule has 3 heterocycles. The van der Waals surface area contributed by atoms with Crippen LogP contribution in [0.3, 0.4) is 0 Å². The van der Waals surface area contributed by atoms with Gasteiger partial charge in [-0.15, -0.1) is 0 Å². The van der Waals surface area contributed by atoms with E-state index >= 15 is 0 Å². The van der Waals surface area contributed by atoms with E-state index in [1.807, 2.05) is 30.7 Å². The van der Waals surface area contributed by atoms with E-state index in [0.717, 1.165) is 41.9 Å². The summed E-state index contributed by atoms with van der Waals surface area (Å²) in [5, 5.41) is 1.20. The Morgan fingerprint density at radius 1 is 0.815 bits per heavy atom. The number of pyridine rings is 2. The van der Waals surface area contributed by atoms with Crippen LogP contribution in [0.4, 0.5) is 0 Å². The average molecular weight is 372 g/mol. The summed E-state index contributed by atoms with van der Waals surface area (Å²) >= 11 is 5.68. The van der Waals surface area contributed by atoms with Gasteiger partial charge in [0.2, 0.25) is 0 Å². The maximum absolute atomic E-state index is 5.68. The van der Waals surface area contributed by atoms with E-state index in [0.29, 0.717) is 0 Å². The SMILES string of the molecule is S=C(CCc1ccccc1-c1ccccn1)CCc1ccnc2[nH]ccc12. The maximum Gasteiger partial charge on any atom is 0.137 e. The summed E-state index contributed by atoms with van der Waals surface area (Å²) < 4.78 is 0. The quantitative estimate of drug-likeness (QED) is 0.432. The number of benzene rings is 1. The molecule has 4 aromatic rings. The van der Waals surface area contributed by atoms with E-state index in [1.165, 1.54) is 22.1 Å². The van der Waals surface area contributed by atoms with Crippen LogP contribution in [0.5, 0.6) is 0 Å². The molecule has 0 amide bonds. The van der Waals surface area contributed by atoms with Crippen molar-refractivity contribution in [2.45, 2.75) is 25.7 Å². The molecule has 1 aromatic carbocycles. The third-order valence-electron chi connectivity index (χ3n) is 4.86. The fourth-order valence-electron chi connectivity index (χ4n) is 3.42. The normalized spacial score (nSPS) is 11.0. The number of aromatic nitrogens is 3. The van der Waals surface area contributed by atoms with Crippen LogP contribution < -0.4 is 0 Å². The van der Waals surface area contributed by atoms with Gasteiger partial charge < -0.3 is 4.98 Å². The predicted molar refractivity (Wildman–Crippen MR) is 115 cm³/mol. The van der Waals surface area contributed by atoms with Crippen molar-refractivity contribution in [3.63, 3.8) is 0 Å². The van der Waals surface area contributed by atoms with Gasteiger partial charge in [0.1, 0.15) is 5.65 Å². The summed E-state index contributed by atoms with van der Waals surface area (Å²) in [6.07, 6.45) is 9.38. The molecule has 0 bridgehead atoms. The summed E-state index contributed by atoms with van der Waals surface area (Å²) in [6.45, 7) is 0. The molecule has 0 unspecified atom stereocenters. The van der Waals surface area contributed by atoms with E-state index in [9.17, 15) is 0 Å². The fourth-order valence-corrected chi connectivity index (χ4v) is 3.62. The van der Waals surface area contributed by atoms with Crippen molar-refractivity contribution < 1.29 is 0 Å². The molecule has 3 aromatic heterocycles. The van der Waals surface area contributed by atoms with Crippen molar-refractivity contribution in [2.75, 3.05) is 0 Å². The van der Waals surface area contributed by atoms with Gasteiger partial charge in [-0.05, 0) is 65.9 Å². The first-order valence-electron chi connectivity index (χ1n) is 9.23. The summed E-state index contributed by atoms with van der Waals surface area (Å²) in [5.74, 6) is 0. The zero-order valence-electron chi connectivity index (χ0n) is 15.1. The number of thiocarbonyl (C=S) groups is 1. The first-order chi connectivity index (χ1) is 13.3. The second-order valence-corrected chi connectivity index (χ2v) is 7.20. The number of nitrogens with zero attached hydrogens (tertiary/aromatic N) is 2. The van der Waals surface area contributed by atoms with Crippen molar-refractivity contribution >= 4 is 28.1 Å². The number of hydrogen-bond acceptors (Lipinski definition) is 3. The molecule has 4 rings (SSSR count). The van der Waals surface area contributed by atoms with Crippen LogP contribution in [0.25, 0.3) is 22.3 Å². The minimum atomic E-state index is 0.917. The highest BCUT2D eigenvalue weighted by molar-refractivity contribution is 7.80. The van der Waals surface area contributed by atoms with Crippen LogP contribution in [-0.4, -0.2) is 19.8 Å². The lowest BCUT2D eigenvalue weighted by Crippen LogP contribution is -2.01. The first-order valence-corrected chi connectivity index (χ1v) is 9.64. The highest BCUT2D eigenvalue weighted by Crippen LogP contribution is 2.23. The molecule has 134 valence electrons. The lowest BCUT2D eigenvalue weighted by Gasteiger charge is -2.10. The Morgan fingerprint density at radius 2 is 1.63 bits per heavy atom. The van der Waals surface area contributed by atoms with Crippen molar-refractivity contribution in [1.82, 2.24) is 15.0 Å². The lowest BCUT2D eigenvalue weighted by molar-refractivity contribution is 0.979. The van der Waals surface area contributed by atoms with Crippen LogP contribution in [0, 0.1) is 0 Å². The molecule has 4 heteroatoms. The topological polar surface area (TPSA) is 41.6 Å². The Morgan fingerprint density at radius 3 is 2.48 bits per heavy atom. The Labute approximate surface area is 164 Å². The predicted octanol–water partition coefficient (Wildman–Crippen LogP) is 5.56. The number of hydrogen-bond donors (Lipinski definition) is 1. The van der Waals surface area contributed by atoms with Crippen molar-refractivity contribution in [3.8, 4) is 11.3 Å². The Hall–Kier alpha value is -2.85. The van der Waals surface area contributed by atoms with Gasteiger partial charge in [0.05, 0.1) is 5.69 Å². The first kappa shape index (κ1) is 17.6. The minimum Gasteiger partial charge on any atom is -0.346 e. The molecule has 0 aliphatic carbocycles. The van der Waals surface area contributed by atoms with E-state index < -0.39 is 0 Å². The second kappa shape index (κ2) is 8.23. The van der Waals surface area contributed by atoms with E-state index in [-0.39, 0.29) is 0 Å². The average Bonchev–Trinajstić information content (AvgIpc) is 3.21. The zero-order valence-corrected chi connectivity index (χ0v) is 15.9. The van der Waals surface area contributed by atoms with Crippen molar-refractivity contribution in [3.05, 3.63) is 84.3 Å². The van der Waals surface area contributed by atoms with Crippen LogP contribution >= 0.6 is 12.2 Å². The standard InChI is InChI=1S/C23H21N3S/c27-19(11-9-18-12-15-25-23-21(18)13-16-26-23)10-8-17-5-1-2-6-20(17)22-7-3-4-14-24-22/h1-7,12-16H,8-11H2,(H,25,26). The van der Waals surface area contributed by atoms with Gasteiger partial charge in [0.15, 0.2) is 0 Å². The van der Waals surface area contributed by atoms with Crippen LogP contribution in [0.2, 0.25) is 0 Å². The third-order valence-corrected chi connectivity index (χ3v) is 5.26. The van der Waals surface area contributed by atoms with Crippen molar-refractivity contribution in [2.24, 2.45) is 0 Å². The molecule has 1 N–H and O–H groups in total. The van der Waals surface area contributed by atoms with Gasteiger partial charge in [0.25, 0.3) is 0 Å². The van der Waals surface area contributed by atoms with Gasteiger partial charge >= 0.3 is 0 Å². The number of nitrogens with one attached hydrogen (secondary N) is 1. The lowest BCUT2D eigenvalue weighted by atomic mass is 9.97. The number of H-pyrrole nitrogens is 1. The number of fused-ring (bicyclic) bond motifs is 1. The van der Waals surface area contributed by atoms with Crippen LogP contribution in [-0.2, 0) is 12.8 Å². The third kappa shape index (κ3) is 4.12. The molecule has 0 radical (unpaired) electrons. The van der Waals surface area contributed by atoms with Gasteiger partial charge in [0, 0.05) is 29.5 Å². The summed E-state index contributed by atoms with van der Waals surface area (Å²) in [4.78, 5) is 13.1. The van der Waals surface area contributed by atoms with Crippen LogP contribution in [0.15, 0.2) is 73.2 Å². The van der Waals surface area contributed by atoms with E-state index in [1.54, 1.807) is 0 Å². The number of rotatable bonds is 7. The number of aryl methyl sites for hydroxylation is 2. The molecular formula is C23H21N3S. The Balaban J connectivity index is 1.40. The zero-order chi connectivity index (χ0) is 18.5. The van der Waals surface area contributed by atoms with Gasteiger partial charge in [-0.25, -0.2) is 4.98 Å². The Kier molecular flexibility index (Phi) is 5.35. The monoisotopic (exact) mass is 371 g/mol. The smallest absolute Gasteiger partial charge is 0.137 e. The minimum absolute atomic E-state index is 0.917. The van der Waals surface area contributed by atoms with E-state index in [2.05, 4.69) is 57.4 Å².